The molecule has 1 saturated heterocycles. The molecule has 1 aliphatic rings. The van der Waals surface area contributed by atoms with Gasteiger partial charge in [0.05, 0.1) is 5.92 Å². The van der Waals surface area contributed by atoms with Gasteiger partial charge in [-0.25, -0.2) is 4.79 Å². The summed E-state index contributed by atoms with van der Waals surface area (Å²) in [5.41, 5.74) is 5.21. The van der Waals surface area contributed by atoms with E-state index in [9.17, 15) is 9.59 Å². The number of hydrogen-bond donors (Lipinski definition) is 3. The molecule has 1 rings (SSSR count). The maximum atomic E-state index is 11.1. The number of piperidine rings is 1. The summed E-state index contributed by atoms with van der Waals surface area (Å²) in [4.78, 5) is 23.5. The van der Waals surface area contributed by atoms with Gasteiger partial charge in [-0.15, -0.1) is 0 Å². The molecule has 4 N–H and O–H groups in total. The van der Waals surface area contributed by atoms with E-state index in [0.29, 0.717) is 18.9 Å². The van der Waals surface area contributed by atoms with Crippen LogP contribution in [0.4, 0.5) is 4.79 Å². The standard InChI is InChI=1S/C11H21N3O3/c1-7(2)4-13-9-3-8(10(15)16)5-14(6-9)11(12)17/h7-9,13H,3-6H2,1-2H3,(H2,12,17)(H,15,16). The van der Waals surface area contributed by atoms with Gasteiger partial charge in [0, 0.05) is 19.1 Å². The highest BCUT2D eigenvalue weighted by Gasteiger charge is 2.32. The number of primary amides is 1. The Morgan fingerprint density at radius 3 is 2.59 bits per heavy atom. The molecule has 0 spiro atoms. The summed E-state index contributed by atoms with van der Waals surface area (Å²) < 4.78 is 0. The van der Waals surface area contributed by atoms with Gasteiger partial charge in [0.25, 0.3) is 0 Å². The summed E-state index contributed by atoms with van der Waals surface area (Å²) in [6, 6.07) is -0.535. The van der Waals surface area contributed by atoms with E-state index >= 15 is 0 Å². The molecule has 0 bridgehead atoms. The van der Waals surface area contributed by atoms with Crippen molar-refractivity contribution in [2.24, 2.45) is 17.6 Å². The number of urea groups is 1. The summed E-state index contributed by atoms with van der Waals surface area (Å²) in [5.74, 6) is -0.907. The maximum Gasteiger partial charge on any atom is 0.314 e. The number of nitrogens with zero attached hydrogens (tertiary/aromatic N) is 1. The second kappa shape index (κ2) is 5.86. The Morgan fingerprint density at radius 1 is 1.47 bits per heavy atom. The zero-order chi connectivity index (χ0) is 13.0. The molecule has 0 aromatic rings. The van der Waals surface area contributed by atoms with E-state index in [-0.39, 0.29) is 12.6 Å². The molecule has 98 valence electrons. The lowest BCUT2D eigenvalue weighted by atomic mass is 9.94. The van der Waals surface area contributed by atoms with Gasteiger partial charge in [0.2, 0.25) is 0 Å². The number of likely N-dealkylation sites (tertiary alicyclic amines) is 1. The molecule has 2 unspecified atom stereocenters. The van der Waals surface area contributed by atoms with Gasteiger partial charge in [-0.3, -0.25) is 4.79 Å². The molecule has 0 aromatic heterocycles. The molecule has 17 heavy (non-hydrogen) atoms. The van der Waals surface area contributed by atoms with E-state index in [2.05, 4.69) is 19.2 Å². The fourth-order valence-corrected chi connectivity index (χ4v) is 2.01. The quantitative estimate of drug-likeness (QED) is 0.652. The van der Waals surface area contributed by atoms with E-state index in [4.69, 9.17) is 10.8 Å². The molecule has 1 aliphatic heterocycles. The molecule has 0 aliphatic carbocycles. The Hall–Kier alpha value is -1.30. The highest BCUT2D eigenvalue weighted by molar-refractivity contribution is 5.75. The molecule has 2 amide bonds. The Bertz CT molecular complexity index is 272. The summed E-state index contributed by atoms with van der Waals surface area (Å²) >= 11 is 0. The SMILES string of the molecule is CC(C)CNC1CC(C(=O)O)CN(C(N)=O)C1. The molecule has 0 radical (unpaired) electrons. The van der Waals surface area contributed by atoms with Crippen LogP contribution in [0.3, 0.4) is 0 Å². The van der Waals surface area contributed by atoms with Crippen LogP contribution in [0.25, 0.3) is 0 Å². The first-order chi connectivity index (χ1) is 7.90. The fourth-order valence-electron chi connectivity index (χ4n) is 2.01. The molecule has 0 saturated carbocycles. The molecule has 1 heterocycles. The summed E-state index contributed by atoms with van der Waals surface area (Å²) in [7, 11) is 0. The Kier molecular flexibility index (Phi) is 4.74. The van der Waals surface area contributed by atoms with Gasteiger partial charge in [-0.05, 0) is 18.9 Å². The van der Waals surface area contributed by atoms with Crippen molar-refractivity contribution < 1.29 is 14.7 Å². The zero-order valence-corrected chi connectivity index (χ0v) is 10.3. The van der Waals surface area contributed by atoms with Crippen molar-refractivity contribution in [3.8, 4) is 0 Å². The zero-order valence-electron chi connectivity index (χ0n) is 10.3. The molecule has 6 heteroatoms. The van der Waals surface area contributed by atoms with Gasteiger partial charge in [0.1, 0.15) is 0 Å². The second-order valence-corrected chi connectivity index (χ2v) is 5.01. The summed E-state index contributed by atoms with van der Waals surface area (Å²) in [5, 5.41) is 12.3. The number of amides is 2. The first kappa shape index (κ1) is 13.8. The third-order valence-corrected chi connectivity index (χ3v) is 2.93. The molecule has 6 nitrogen and oxygen atoms in total. The topological polar surface area (TPSA) is 95.7 Å². The van der Waals surface area contributed by atoms with Crippen LogP contribution in [-0.4, -0.2) is 47.7 Å². The third-order valence-electron chi connectivity index (χ3n) is 2.93. The number of carbonyl (C=O) groups is 2. The van der Waals surface area contributed by atoms with Crippen LogP contribution >= 0.6 is 0 Å². The van der Waals surface area contributed by atoms with Crippen molar-refractivity contribution in [2.45, 2.75) is 26.3 Å². The number of carboxylic acids is 1. The predicted octanol–water partition coefficient (Wildman–Crippen LogP) is 0.0858. The van der Waals surface area contributed by atoms with Crippen molar-refractivity contribution in [3.05, 3.63) is 0 Å². The minimum Gasteiger partial charge on any atom is -0.481 e. The van der Waals surface area contributed by atoms with Crippen LogP contribution in [0.1, 0.15) is 20.3 Å². The van der Waals surface area contributed by atoms with Crippen LogP contribution in [-0.2, 0) is 4.79 Å². The predicted molar refractivity (Wildman–Crippen MR) is 63.5 cm³/mol. The highest BCUT2D eigenvalue weighted by atomic mass is 16.4. The van der Waals surface area contributed by atoms with Crippen molar-refractivity contribution in [1.29, 1.82) is 0 Å². The van der Waals surface area contributed by atoms with E-state index in [1.807, 2.05) is 0 Å². The fraction of sp³-hybridized carbons (Fsp3) is 0.818. The average Bonchev–Trinajstić information content (AvgIpc) is 2.25. The molecule has 2 atom stereocenters. The molecular weight excluding hydrogens is 222 g/mol. The normalized spacial score (nSPS) is 25.0. The average molecular weight is 243 g/mol. The maximum absolute atomic E-state index is 11.1. The van der Waals surface area contributed by atoms with E-state index in [0.717, 1.165) is 6.54 Å². The van der Waals surface area contributed by atoms with Gasteiger partial charge in [0.15, 0.2) is 0 Å². The monoisotopic (exact) mass is 243 g/mol. The molecular formula is C11H21N3O3. The Labute approximate surface area is 101 Å². The minimum absolute atomic E-state index is 0.0137. The number of nitrogens with two attached hydrogens (primary N) is 1. The van der Waals surface area contributed by atoms with Gasteiger partial charge < -0.3 is 21.1 Å². The first-order valence-electron chi connectivity index (χ1n) is 5.90. The lowest BCUT2D eigenvalue weighted by Crippen LogP contribution is -2.54. The van der Waals surface area contributed by atoms with Crippen LogP contribution in [0.2, 0.25) is 0 Å². The van der Waals surface area contributed by atoms with Gasteiger partial charge >= 0.3 is 12.0 Å². The van der Waals surface area contributed by atoms with Crippen molar-refractivity contribution in [2.75, 3.05) is 19.6 Å². The minimum atomic E-state index is -0.868. The van der Waals surface area contributed by atoms with Crippen LogP contribution in [0.15, 0.2) is 0 Å². The van der Waals surface area contributed by atoms with E-state index < -0.39 is 17.9 Å². The third kappa shape index (κ3) is 4.22. The number of carbonyl (C=O) groups excluding carboxylic acids is 1. The number of nitrogens with one attached hydrogen (secondary N) is 1. The number of hydrogen-bond acceptors (Lipinski definition) is 3. The van der Waals surface area contributed by atoms with Crippen LogP contribution < -0.4 is 11.1 Å². The van der Waals surface area contributed by atoms with Gasteiger partial charge in [-0.2, -0.15) is 0 Å². The van der Waals surface area contributed by atoms with Crippen molar-refractivity contribution in [1.82, 2.24) is 10.2 Å². The summed E-state index contributed by atoms with van der Waals surface area (Å²) in [6.45, 7) is 5.67. The number of aliphatic carboxylic acids is 1. The first-order valence-corrected chi connectivity index (χ1v) is 5.90. The molecule has 0 aromatic carbocycles. The Balaban J connectivity index is 2.58. The van der Waals surface area contributed by atoms with Gasteiger partial charge in [-0.1, -0.05) is 13.8 Å². The lowest BCUT2D eigenvalue weighted by Gasteiger charge is -2.35. The number of rotatable bonds is 4. The number of carboxylic acid groups (broad SMARTS) is 1. The lowest BCUT2D eigenvalue weighted by molar-refractivity contribution is -0.143. The van der Waals surface area contributed by atoms with Crippen molar-refractivity contribution >= 4 is 12.0 Å². The Morgan fingerprint density at radius 2 is 2.12 bits per heavy atom. The highest BCUT2D eigenvalue weighted by Crippen LogP contribution is 2.17. The van der Waals surface area contributed by atoms with Crippen molar-refractivity contribution in [3.63, 3.8) is 0 Å². The molecule has 1 fully saturated rings. The largest absolute Gasteiger partial charge is 0.481 e. The second-order valence-electron chi connectivity index (χ2n) is 5.01. The van der Waals surface area contributed by atoms with Crippen LogP contribution in [0, 0.1) is 11.8 Å². The van der Waals surface area contributed by atoms with Crippen LogP contribution in [0.5, 0.6) is 0 Å². The van der Waals surface area contributed by atoms with E-state index in [1.54, 1.807) is 0 Å². The van der Waals surface area contributed by atoms with E-state index in [1.165, 1.54) is 4.90 Å². The smallest absolute Gasteiger partial charge is 0.314 e. The summed E-state index contributed by atoms with van der Waals surface area (Å²) in [6.07, 6.45) is 0.547.